The molecule has 0 aliphatic heterocycles. The van der Waals surface area contributed by atoms with Gasteiger partial charge in [0.15, 0.2) is 0 Å². The Morgan fingerprint density at radius 1 is 1.30 bits per heavy atom. The Hall–Kier alpha value is -2.07. The number of carbonyl (C=O) groups is 1. The normalized spacial score (nSPS) is 10.2. The Morgan fingerprint density at radius 3 is 2.75 bits per heavy atom. The monoisotopic (exact) mass is 293 g/mol. The molecule has 0 saturated carbocycles. The van der Waals surface area contributed by atoms with E-state index in [9.17, 15) is 9.18 Å². The summed E-state index contributed by atoms with van der Waals surface area (Å²) >= 11 is 6.07. The molecule has 0 aliphatic rings. The molecule has 2 rings (SSSR count). The zero-order chi connectivity index (χ0) is 14.5. The molecule has 20 heavy (non-hydrogen) atoms. The lowest BCUT2D eigenvalue weighted by molar-refractivity contribution is 0.0950. The van der Waals surface area contributed by atoms with Gasteiger partial charge in [-0.1, -0.05) is 23.7 Å². The maximum absolute atomic E-state index is 13.0. The maximum atomic E-state index is 13.0. The van der Waals surface area contributed by atoms with Crippen molar-refractivity contribution < 1.29 is 13.9 Å². The maximum Gasteiger partial charge on any atom is 0.251 e. The molecular formula is C15H13ClFNO2. The number of benzene rings is 2. The van der Waals surface area contributed by atoms with E-state index in [-0.39, 0.29) is 18.0 Å². The largest absolute Gasteiger partial charge is 0.497 e. The van der Waals surface area contributed by atoms with Crippen LogP contribution in [0.5, 0.6) is 5.75 Å². The number of halogens is 2. The number of hydrogen-bond acceptors (Lipinski definition) is 2. The van der Waals surface area contributed by atoms with E-state index in [2.05, 4.69) is 5.32 Å². The average Bonchev–Trinajstić information content (AvgIpc) is 2.45. The molecule has 0 saturated heterocycles. The second-order valence-electron chi connectivity index (χ2n) is 4.15. The van der Waals surface area contributed by atoms with E-state index >= 15 is 0 Å². The van der Waals surface area contributed by atoms with Gasteiger partial charge in [0.2, 0.25) is 0 Å². The molecule has 104 valence electrons. The summed E-state index contributed by atoms with van der Waals surface area (Å²) in [5, 5.41) is 3.19. The summed E-state index contributed by atoms with van der Waals surface area (Å²) in [6, 6.07) is 10.7. The van der Waals surface area contributed by atoms with Crippen molar-refractivity contribution in [1.29, 1.82) is 0 Å². The number of nitrogens with one attached hydrogen (secondary N) is 1. The van der Waals surface area contributed by atoms with Crippen LogP contribution in [0.2, 0.25) is 5.02 Å². The number of ether oxygens (including phenoxy) is 1. The van der Waals surface area contributed by atoms with Crippen molar-refractivity contribution in [3.63, 3.8) is 0 Å². The van der Waals surface area contributed by atoms with Crippen LogP contribution in [0.3, 0.4) is 0 Å². The summed E-state index contributed by atoms with van der Waals surface area (Å²) in [5.41, 5.74) is 1.03. The van der Waals surface area contributed by atoms with Crippen molar-refractivity contribution in [3.05, 3.63) is 64.4 Å². The van der Waals surface area contributed by atoms with Gasteiger partial charge in [0, 0.05) is 17.1 Å². The van der Waals surface area contributed by atoms with E-state index in [0.717, 1.165) is 5.56 Å². The summed E-state index contributed by atoms with van der Waals surface area (Å²) in [5.74, 6) is -0.147. The van der Waals surface area contributed by atoms with E-state index in [4.69, 9.17) is 16.3 Å². The van der Waals surface area contributed by atoms with Crippen LogP contribution in [0, 0.1) is 5.82 Å². The number of hydrogen-bond donors (Lipinski definition) is 1. The first-order chi connectivity index (χ1) is 9.60. The Balaban J connectivity index is 2.03. The van der Waals surface area contributed by atoms with Crippen molar-refractivity contribution in [2.24, 2.45) is 0 Å². The molecule has 0 bridgehead atoms. The number of amides is 1. The number of rotatable bonds is 4. The van der Waals surface area contributed by atoms with E-state index in [1.807, 2.05) is 0 Å². The lowest BCUT2D eigenvalue weighted by Crippen LogP contribution is -2.23. The highest BCUT2D eigenvalue weighted by Gasteiger charge is 2.08. The van der Waals surface area contributed by atoms with Crippen molar-refractivity contribution in [1.82, 2.24) is 5.32 Å². The average molecular weight is 294 g/mol. The minimum atomic E-state index is -0.444. The van der Waals surface area contributed by atoms with Crippen LogP contribution >= 0.6 is 11.6 Å². The highest BCUT2D eigenvalue weighted by atomic mass is 35.5. The van der Waals surface area contributed by atoms with E-state index in [1.54, 1.807) is 31.4 Å². The zero-order valence-corrected chi connectivity index (χ0v) is 11.6. The van der Waals surface area contributed by atoms with Crippen LogP contribution < -0.4 is 10.1 Å². The fraction of sp³-hybridized carbons (Fsp3) is 0.133. The molecular weight excluding hydrogens is 281 g/mol. The molecule has 0 aromatic heterocycles. The fourth-order valence-electron chi connectivity index (χ4n) is 1.71. The van der Waals surface area contributed by atoms with Gasteiger partial charge in [0.25, 0.3) is 5.91 Å². The van der Waals surface area contributed by atoms with Gasteiger partial charge in [-0.3, -0.25) is 4.79 Å². The second-order valence-corrected chi connectivity index (χ2v) is 4.56. The summed E-state index contributed by atoms with van der Waals surface area (Å²) in [6.45, 7) is 0.262. The summed E-state index contributed by atoms with van der Waals surface area (Å²) in [7, 11) is 1.55. The zero-order valence-electron chi connectivity index (χ0n) is 10.8. The van der Waals surface area contributed by atoms with Crippen LogP contribution in [0.25, 0.3) is 0 Å². The van der Waals surface area contributed by atoms with E-state index < -0.39 is 5.82 Å². The Labute approximate surface area is 121 Å². The minimum Gasteiger partial charge on any atom is -0.497 e. The first-order valence-corrected chi connectivity index (χ1v) is 6.34. The highest BCUT2D eigenvalue weighted by molar-refractivity contribution is 6.31. The SMILES string of the molecule is COc1ccc(CNC(=O)c2cccc(F)c2)c(Cl)c1. The lowest BCUT2D eigenvalue weighted by Gasteiger charge is -2.08. The van der Waals surface area contributed by atoms with Crippen molar-refractivity contribution >= 4 is 17.5 Å². The summed E-state index contributed by atoms with van der Waals surface area (Å²) in [4.78, 5) is 11.9. The van der Waals surface area contributed by atoms with Gasteiger partial charge in [0.1, 0.15) is 11.6 Å². The van der Waals surface area contributed by atoms with Crippen LogP contribution in [-0.2, 0) is 6.54 Å². The third kappa shape index (κ3) is 3.48. The Morgan fingerprint density at radius 2 is 2.10 bits per heavy atom. The molecule has 1 amide bonds. The highest BCUT2D eigenvalue weighted by Crippen LogP contribution is 2.22. The summed E-state index contributed by atoms with van der Waals surface area (Å²) < 4.78 is 18.1. The van der Waals surface area contributed by atoms with Crippen LogP contribution in [0.4, 0.5) is 4.39 Å². The van der Waals surface area contributed by atoms with Gasteiger partial charge in [-0.2, -0.15) is 0 Å². The van der Waals surface area contributed by atoms with Gasteiger partial charge < -0.3 is 10.1 Å². The third-order valence-electron chi connectivity index (χ3n) is 2.79. The molecule has 2 aromatic rings. The van der Waals surface area contributed by atoms with Crippen LogP contribution in [0.15, 0.2) is 42.5 Å². The predicted octanol–water partition coefficient (Wildman–Crippen LogP) is 3.42. The van der Waals surface area contributed by atoms with E-state index in [0.29, 0.717) is 10.8 Å². The Kier molecular flexibility index (Phi) is 4.58. The number of methoxy groups -OCH3 is 1. The molecule has 0 atom stereocenters. The molecule has 5 heteroatoms. The summed E-state index contributed by atoms with van der Waals surface area (Å²) in [6.07, 6.45) is 0. The van der Waals surface area contributed by atoms with Crippen molar-refractivity contribution in [2.75, 3.05) is 7.11 Å². The van der Waals surface area contributed by atoms with Gasteiger partial charge in [0.05, 0.1) is 7.11 Å². The lowest BCUT2D eigenvalue weighted by atomic mass is 10.2. The van der Waals surface area contributed by atoms with Crippen LogP contribution in [-0.4, -0.2) is 13.0 Å². The molecule has 0 radical (unpaired) electrons. The van der Waals surface area contributed by atoms with Gasteiger partial charge in [-0.15, -0.1) is 0 Å². The molecule has 3 nitrogen and oxygen atoms in total. The minimum absolute atomic E-state index is 0.262. The second kappa shape index (κ2) is 6.39. The quantitative estimate of drug-likeness (QED) is 0.938. The molecule has 1 N–H and O–H groups in total. The number of carbonyl (C=O) groups excluding carboxylic acids is 1. The first-order valence-electron chi connectivity index (χ1n) is 5.96. The van der Waals surface area contributed by atoms with Gasteiger partial charge in [-0.25, -0.2) is 4.39 Å². The molecule has 0 aliphatic carbocycles. The predicted molar refractivity (Wildman–Crippen MR) is 75.6 cm³/mol. The topological polar surface area (TPSA) is 38.3 Å². The molecule has 0 heterocycles. The van der Waals surface area contributed by atoms with Gasteiger partial charge in [-0.05, 0) is 35.9 Å². The van der Waals surface area contributed by atoms with Crippen LogP contribution in [0.1, 0.15) is 15.9 Å². The smallest absolute Gasteiger partial charge is 0.251 e. The third-order valence-corrected chi connectivity index (χ3v) is 3.14. The fourth-order valence-corrected chi connectivity index (χ4v) is 1.94. The molecule has 2 aromatic carbocycles. The molecule has 0 fully saturated rings. The Bertz CT molecular complexity index is 631. The van der Waals surface area contributed by atoms with E-state index in [1.165, 1.54) is 18.2 Å². The standard InChI is InChI=1S/C15H13ClFNO2/c1-20-13-6-5-11(14(16)8-13)9-18-15(19)10-3-2-4-12(17)7-10/h2-8H,9H2,1H3,(H,18,19). The molecule has 0 spiro atoms. The van der Waals surface area contributed by atoms with Crippen molar-refractivity contribution in [2.45, 2.75) is 6.54 Å². The van der Waals surface area contributed by atoms with Crippen molar-refractivity contribution in [3.8, 4) is 5.75 Å². The van der Waals surface area contributed by atoms with Gasteiger partial charge >= 0.3 is 0 Å². The molecule has 0 unspecified atom stereocenters. The first kappa shape index (κ1) is 14.3.